The lowest BCUT2D eigenvalue weighted by molar-refractivity contribution is -0.123. The van der Waals surface area contributed by atoms with Gasteiger partial charge in [-0.15, -0.1) is 0 Å². The van der Waals surface area contributed by atoms with Crippen LogP contribution in [0.5, 0.6) is 5.75 Å². The quantitative estimate of drug-likeness (QED) is 0.783. The summed E-state index contributed by atoms with van der Waals surface area (Å²) in [5.41, 5.74) is 4.31. The first-order chi connectivity index (χ1) is 11.8. The van der Waals surface area contributed by atoms with Gasteiger partial charge in [-0.2, -0.15) is 0 Å². The number of amides is 2. The first-order valence-electron chi connectivity index (χ1n) is 7.81. The van der Waals surface area contributed by atoms with Gasteiger partial charge in [-0.1, -0.05) is 29.3 Å². The van der Waals surface area contributed by atoms with Crippen molar-refractivity contribution in [2.45, 2.75) is 27.2 Å². The topological polar surface area (TPSA) is 67.4 Å². The summed E-state index contributed by atoms with van der Waals surface area (Å²) in [5, 5.41) is 5.84. The molecule has 6 heteroatoms. The minimum atomic E-state index is -0.416. The molecule has 2 amide bonds. The van der Waals surface area contributed by atoms with Crippen molar-refractivity contribution in [3.63, 3.8) is 0 Å². The Morgan fingerprint density at radius 1 is 1.00 bits per heavy atom. The number of carbonyl (C=O) groups excluding carboxylic acids is 2. The van der Waals surface area contributed by atoms with E-state index in [2.05, 4.69) is 10.6 Å². The number of nitrogens with one attached hydrogen (secondary N) is 2. The van der Waals surface area contributed by atoms with Gasteiger partial charge >= 0.3 is 0 Å². The highest BCUT2D eigenvalue weighted by atomic mass is 35.5. The van der Waals surface area contributed by atoms with Crippen molar-refractivity contribution >= 4 is 34.8 Å². The summed E-state index contributed by atoms with van der Waals surface area (Å²) in [7, 11) is 1.51. The van der Waals surface area contributed by atoms with E-state index in [1.165, 1.54) is 7.11 Å². The zero-order valence-electron chi connectivity index (χ0n) is 14.7. The van der Waals surface area contributed by atoms with Crippen LogP contribution in [0.1, 0.15) is 23.1 Å². The van der Waals surface area contributed by atoms with E-state index in [0.717, 1.165) is 22.4 Å². The fourth-order valence-corrected chi connectivity index (χ4v) is 2.91. The first kappa shape index (κ1) is 18.8. The van der Waals surface area contributed by atoms with Crippen molar-refractivity contribution in [1.82, 2.24) is 0 Å². The van der Waals surface area contributed by atoms with Gasteiger partial charge in [0.05, 0.1) is 12.1 Å². The molecule has 0 aliphatic carbocycles. The van der Waals surface area contributed by atoms with Crippen LogP contribution in [0.3, 0.4) is 0 Å². The summed E-state index contributed by atoms with van der Waals surface area (Å²) in [6.45, 7) is 5.85. The summed E-state index contributed by atoms with van der Waals surface area (Å²) < 4.78 is 5.06. The predicted octanol–water partition coefficient (Wildman–Crippen LogP) is 4.24. The molecule has 2 N–H and O–H groups in total. The minimum Gasteiger partial charge on any atom is -0.495 e. The number of halogens is 1. The molecule has 0 atom stereocenters. The fourth-order valence-electron chi connectivity index (χ4n) is 2.66. The third kappa shape index (κ3) is 4.97. The van der Waals surface area contributed by atoms with Gasteiger partial charge in [0.15, 0.2) is 0 Å². The number of hydrogen-bond donors (Lipinski definition) is 2. The molecule has 132 valence electrons. The van der Waals surface area contributed by atoms with Crippen LogP contribution in [0.4, 0.5) is 11.4 Å². The Bertz CT molecular complexity index is 795. The molecule has 0 saturated heterocycles. The lowest BCUT2D eigenvalue weighted by atomic mass is 10.0. The maximum atomic E-state index is 12.2. The molecule has 0 aliphatic heterocycles. The molecular formula is C19H21ClN2O3. The average molecular weight is 361 g/mol. The monoisotopic (exact) mass is 360 g/mol. The molecule has 2 rings (SSSR count). The van der Waals surface area contributed by atoms with Gasteiger partial charge in [0.2, 0.25) is 11.8 Å². The molecule has 5 nitrogen and oxygen atoms in total. The van der Waals surface area contributed by atoms with Crippen LogP contribution >= 0.6 is 11.6 Å². The molecule has 0 bridgehead atoms. The van der Waals surface area contributed by atoms with E-state index >= 15 is 0 Å². The third-order valence-corrected chi connectivity index (χ3v) is 3.99. The smallest absolute Gasteiger partial charge is 0.233 e. The maximum absolute atomic E-state index is 12.2. The summed E-state index contributed by atoms with van der Waals surface area (Å²) in [6.07, 6.45) is -0.281. The minimum absolute atomic E-state index is 0.281. The van der Waals surface area contributed by atoms with Gasteiger partial charge in [-0.3, -0.25) is 9.59 Å². The summed E-state index contributed by atoms with van der Waals surface area (Å²) >= 11 is 6.02. The van der Waals surface area contributed by atoms with E-state index in [-0.39, 0.29) is 12.3 Å². The number of methoxy groups -OCH3 is 1. The Morgan fingerprint density at radius 3 is 2.16 bits per heavy atom. The van der Waals surface area contributed by atoms with Crippen LogP contribution in [0.2, 0.25) is 5.02 Å². The number of benzene rings is 2. The van der Waals surface area contributed by atoms with Gasteiger partial charge in [-0.25, -0.2) is 0 Å². The first-order valence-corrected chi connectivity index (χ1v) is 8.19. The fraction of sp³-hybridized carbons (Fsp3) is 0.263. The van der Waals surface area contributed by atoms with Gasteiger partial charge in [0, 0.05) is 11.4 Å². The Morgan fingerprint density at radius 2 is 1.60 bits per heavy atom. The maximum Gasteiger partial charge on any atom is 0.233 e. The van der Waals surface area contributed by atoms with E-state index in [9.17, 15) is 9.59 Å². The molecule has 0 fully saturated rings. The molecule has 0 radical (unpaired) electrons. The van der Waals surface area contributed by atoms with Crippen molar-refractivity contribution in [2.24, 2.45) is 0 Å². The number of anilines is 2. The number of rotatable bonds is 5. The van der Waals surface area contributed by atoms with Crippen LogP contribution in [-0.2, 0) is 9.59 Å². The van der Waals surface area contributed by atoms with Gasteiger partial charge in [0.25, 0.3) is 0 Å². The van der Waals surface area contributed by atoms with Gasteiger partial charge in [-0.05, 0) is 50.1 Å². The summed E-state index contributed by atoms with van der Waals surface area (Å²) in [6, 6.07) is 8.86. The Kier molecular flexibility index (Phi) is 6.04. The van der Waals surface area contributed by atoms with Crippen molar-refractivity contribution in [3.05, 3.63) is 52.0 Å². The summed E-state index contributed by atoms with van der Waals surface area (Å²) in [4.78, 5) is 24.2. The highest BCUT2D eigenvalue weighted by Crippen LogP contribution is 2.27. The van der Waals surface area contributed by atoms with Crippen LogP contribution in [0, 0.1) is 20.8 Å². The average Bonchev–Trinajstić information content (AvgIpc) is 2.51. The Balaban J connectivity index is 1.99. The van der Waals surface area contributed by atoms with Crippen LogP contribution in [-0.4, -0.2) is 18.9 Å². The standard InChI is InChI=1S/C19H21ClN2O3/c1-11-7-12(2)19(13(3)8-11)22-18(24)10-17(23)21-14-5-6-16(25-4)15(20)9-14/h5-9H,10H2,1-4H3,(H,21,23)(H,22,24). The molecule has 2 aromatic carbocycles. The van der Waals surface area contributed by atoms with E-state index in [0.29, 0.717) is 16.5 Å². The lowest BCUT2D eigenvalue weighted by Crippen LogP contribution is -2.22. The zero-order valence-corrected chi connectivity index (χ0v) is 15.5. The highest BCUT2D eigenvalue weighted by Gasteiger charge is 2.13. The zero-order chi connectivity index (χ0) is 18.6. The SMILES string of the molecule is COc1ccc(NC(=O)CC(=O)Nc2c(C)cc(C)cc2C)cc1Cl. The molecule has 2 aromatic rings. The van der Waals surface area contributed by atoms with Crippen molar-refractivity contribution in [2.75, 3.05) is 17.7 Å². The normalized spacial score (nSPS) is 10.3. The number of carbonyl (C=O) groups is 2. The molecule has 0 saturated carbocycles. The molecule has 0 heterocycles. The van der Waals surface area contributed by atoms with Crippen molar-refractivity contribution in [3.8, 4) is 5.75 Å². The third-order valence-electron chi connectivity index (χ3n) is 3.70. The lowest BCUT2D eigenvalue weighted by Gasteiger charge is -2.13. The second-order valence-electron chi connectivity index (χ2n) is 5.90. The molecule has 0 spiro atoms. The molecule has 0 unspecified atom stereocenters. The largest absolute Gasteiger partial charge is 0.495 e. The molecule has 0 aliphatic rings. The number of ether oxygens (including phenoxy) is 1. The number of hydrogen-bond acceptors (Lipinski definition) is 3. The van der Waals surface area contributed by atoms with Crippen LogP contribution < -0.4 is 15.4 Å². The van der Waals surface area contributed by atoms with E-state index in [4.69, 9.17) is 16.3 Å². The van der Waals surface area contributed by atoms with Gasteiger partial charge in [0.1, 0.15) is 12.2 Å². The van der Waals surface area contributed by atoms with Crippen LogP contribution in [0.25, 0.3) is 0 Å². The van der Waals surface area contributed by atoms with E-state index in [1.807, 2.05) is 32.9 Å². The van der Waals surface area contributed by atoms with E-state index in [1.54, 1.807) is 18.2 Å². The van der Waals surface area contributed by atoms with Crippen molar-refractivity contribution in [1.29, 1.82) is 0 Å². The summed E-state index contributed by atoms with van der Waals surface area (Å²) in [5.74, 6) is -0.268. The Hall–Kier alpha value is -2.53. The molecule has 0 aromatic heterocycles. The second-order valence-corrected chi connectivity index (χ2v) is 6.30. The molecule has 25 heavy (non-hydrogen) atoms. The van der Waals surface area contributed by atoms with E-state index < -0.39 is 5.91 Å². The van der Waals surface area contributed by atoms with Crippen LogP contribution in [0.15, 0.2) is 30.3 Å². The Labute approximate surface area is 152 Å². The van der Waals surface area contributed by atoms with Gasteiger partial charge < -0.3 is 15.4 Å². The second kappa shape index (κ2) is 8.03. The highest BCUT2D eigenvalue weighted by molar-refractivity contribution is 6.32. The van der Waals surface area contributed by atoms with Crippen molar-refractivity contribution < 1.29 is 14.3 Å². The predicted molar refractivity (Wildman–Crippen MR) is 101 cm³/mol. The number of aryl methyl sites for hydroxylation is 3. The molecular weight excluding hydrogens is 340 g/mol.